The summed E-state index contributed by atoms with van der Waals surface area (Å²) in [5.74, 6) is 0.778. The van der Waals surface area contributed by atoms with Crippen LogP contribution in [0.15, 0.2) is 122 Å². The molecule has 186 valence electrons. The molecule has 0 aliphatic heterocycles. The predicted octanol–water partition coefficient (Wildman–Crippen LogP) is 10.8. The average molecular weight is 527 g/mol. The maximum atomic E-state index is 3.80. The van der Waals surface area contributed by atoms with Gasteiger partial charge in [-0.25, -0.2) is 0 Å². The Hall–Kier alpha value is -3.59. The van der Waals surface area contributed by atoms with Crippen LogP contribution in [0.2, 0.25) is 0 Å². The minimum Gasteiger partial charge on any atom is -0.175 e. The van der Waals surface area contributed by atoms with Gasteiger partial charge in [-0.2, -0.15) is 12.6 Å². The first-order chi connectivity index (χ1) is 18.5. The summed E-state index contributed by atoms with van der Waals surface area (Å²) < 4.78 is 2.72. The van der Waals surface area contributed by atoms with Gasteiger partial charge in [-0.3, -0.25) is 0 Å². The van der Waals surface area contributed by atoms with Gasteiger partial charge in [0.2, 0.25) is 0 Å². The molecule has 0 bridgehead atoms. The summed E-state index contributed by atoms with van der Waals surface area (Å²) in [6, 6.07) is 40.3. The van der Waals surface area contributed by atoms with E-state index in [9.17, 15) is 0 Å². The van der Waals surface area contributed by atoms with Crippen molar-refractivity contribution in [3.8, 4) is 33.4 Å². The van der Waals surface area contributed by atoms with Gasteiger partial charge < -0.3 is 0 Å². The zero-order chi connectivity index (χ0) is 26.3. The number of hydrogen-bond donors (Lipinski definition) is 1. The van der Waals surface area contributed by atoms with E-state index in [1.807, 2.05) is 11.3 Å². The van der Waals surface area contributed by atoms with E-state index in [-0.39, 0.29) is 5.41 Å². The van der Waals surface area contributed by atoms with E-state index in [4.69, 9.17) is 0 Å². The summed E-state index contributed by atoms with van der Waals surface area (Å²) in [4.78, 5) is 0. The number of thiol groups is 1. The van der Waals surface area contributed by atoms with Gasteiger partial charge in [-0.05, 0) is 62.7 Å². The molecule has 0 spiro atoms. The Bertz CT molecular complexity index is 1800. The van der Waals surface area contributed by atoms with E-state index in [2.05, 4.69) is 142 Å². The summed E-state index contributed by atoms with van der Waals surface area (Å²) in [5.41, 5.74) is 10.7. The van der Waals surface area contributed by atoms with E-state index in [0.29, 0.717) is 0 Å². The molecule has 1 heterocycles. The Kier molecular flexibility index (Phi) is 6.47. The fourth-order valence-corrected chi connectivity index (χ4v) is 6.96. The first kappa shape index (κ1) is 24.7. The van der Waals surface area contributed by atoms with Gasteiger partial charge in [-0.15, -0.1) is 17.9 Å². The first-order valence-corrected chi connectivity index (χ1v) is 14.4. The third-order valence-electron chi connectivity index (χ3n) is 7.62. The van der Waals surface area contributed by atoms with E-state index < -0.39 is 0 Å². The first-order valence-electron chi connectivity index (χ1n) is 13.0. The highest BCUT2D eigenvalue weighted by molar-refractivity contribution is 7.80. The summed E-state index contributed by atoms with van der Waals surface area (Å²) in [5, 5.41) is 2.70. The number of thiophene rings is 1. The minimum atomic E-state index is 0.0161. The standard InChI is InChI=1S/C33H24S.C3H6S/c1-33(2)29-15-5-3-11-25(29)26-18-17-22(20-30(26)33)21-9-7-10-23(19-21)24-13-8-14-28-27-12-4-6-16-31(27)34-32(24)28;1-2-3-4/h3-20H,1-2H3;2,4H,1,3H2. The van der Waals surface area contributed by atoms with Crippen LogP contribution in [0, 0.1) is 0 Å². The number of benzene rings is 5. The van der Waals surface area contributed by atoms with Crippen molar-refractivity contribution in [1.29, 1.82) is 0 Å². The van der Waals surface area contributed by atoms with E-state index >= 15 is 0 Å². The lowest BCUT2D eigenvalue weighted by molar-refractivity contribution is 0.660. The molecule has 38 heavy (non-hydrogen) atoms. The molecule has 0 nitrogen and oxygen atoms in total. The largest absolute Gasteiger partial charge is 0.175 e. The molecule has 0 radical (unpaired) electrons. The second-order valence-corrected chi connectivity index (χ2v) is 11.7. The van der Waals surface area contributed by atoms with Crippen molar-refractivity contribution in [3.63, 3.8) is 0 Å². The van der Waals surface area contributed by atoms with Crippen molar-refractivity contribution in [2.75, 3.05) is 5.75 Å². The predicted molar refractivity (Wildman–Crippen MR) is 172 cm³/mol. The Balaban J connectivity index is 0.000000620. The maximum absolute atomic E-state index is 3.80. The van der Waals surface area contributed by atoms with E-state index in [1.54, 1.807) is 6.08 Å². The lowest BCUT2D eigenvalue weighted by Gasteiger charge is -2.22. The molecule has 6 aromatic rings. The van der Waals surface area contributed by atoms with Crippen LogP contribution in [-0.4, -0.2) is 5.75 Å². The highest BCUT2D eigenvalue weighted by atomic mass is 32.1. The second kappa shape index (κ2) is 9.94. The van der Waals surface area contributed by atoms with Crippen LogP contribution in [0.3, 0.4) is 0 Å². The normalized spacial score (nSPS) is 13.0. The second-order valence-electron chi connectivity index (χ2n) is 10.3. The minimum absolute atomic E-state index is 0.0161. The Morgan fingerprint density at radius 1 is 0.658 bits per heavy atom. The molecule has 0 amide bonds. The molecule has 0 atom stereocenters. The molecule has 0 fully saturated rings. The van der Waals surface area contributed by atoms with Gasteiger partial charge in [0.25, 0.3) is 0 Å². The van der Waals surface area contributed by atoms with Crippen LogP contribution in [0.5, 0.6) is 0 Å². The lowest BCUT2D eigenvalue weighted by atomic mass is 9.81. The van der Waals surface area contributed by atoms with Crippen LogP contribution in [-0.2, 0) is 5.41 Å². The average Bonchev–Trinajstić information content (AvgIpc) is 3.46. The fraction of sp³-hybridized carbons (Fsp3) is 0.111. The smallest absolute Gasteiger partial charge is 0.0433 e. The van der Waals surface area contributed by atoms with Crippen molar-refractivity contribution in [2.24, 2.45) is 0 Å². The Morgan fingerprint density at radius 2 is 1.29 bits per heavy atom. The van der Waals surface area contributed by atoms with Crippen molar-refractivity contribution < 1.29 is 0 Å². The summed E-state index contributed by atoms with van der Waals surface area (Å²) >= 11 is 5.70. The third-order valence-corrected chi connectivity index (χ3v) is 9.10. The molecule has 5 aromatic carbocycles. The lowest BCUT2D eigenvalue weighted by Crippen LogP contribution is -2.14. The van der Waals surface area contributed by atoms with Gasteiger partial charge in [0.15, 0.2) is 0 Å². The van der Waals surface area contributed by atoms with Crippen molar-refractivity contribution in [1.82, 2.24) is 0 Å². The quantitative estimate of drug-likeness (QED) is 0.172. The van der Waals surface area contributed by atoms with Crippen LogP contribution in [0.1, 0.15) is 25.0 Å². The highest BCUT2D eigenvalue weighted by Crippen LogP contribution is 2.49. The van der Waals surface area contributed by atoms with Crippen LogP contribution in [0.25, 0.3) is 53.6 Å². The number of rotatable bonds is 3. The molecule has 0 saturated carbocycles. The van der Waals surface area contributed by atoms with Gasteiger partial charge in [0.1, 0.15) is 0 Å². The Morgan fingerprint density at radius 3 is 2.13 bits per heavy atom. The maximum Gasteiger partial charge on any atom is 0.0433 e. The molecular weight excluding hydrogens is 497 g/mol. The SMILES string of the molecule is C=CCS.CC1(C)c2ccccc2-c2ccc(-c3cccc(-c4cccc5c4sc4ccccc45)c3)cc21. The monoisotopic (exact) mass is 526 g/mol. The molecule has 0 N–H and O–H groups in total. The number of hydrogen-bond acceptors (Lipinski definition) is 2. The van der Waals surface area contributed by atoms with Crippen molar-refractivity contribution in [2.45, 2.75) is 19.3 Å². The van der Waals surface area contributed by atoms with Crippen LogP contribution >= 0.6 is 24.0 Å². The molecule has 7 rings (SSSR count). The van der Waals surface area contributed by atoms with Gasteiger partial charge in [-0.1, -0.05) is 111 Å². The van der Waals surface area contributed by atoms with Crippen LogP contribution < -0.4 is 0 Å². The molecule has 1 aliphatic carbocycles. The van der Waals surface area contributed by atoms with E-state index in [0.717, 1.165) is 5.75 Å². The zero-order valence-corrected chi connectivity index (χ0v) is 23.5. The van der Waals surface area contributed by atoms with Gasteiger partial charge in [0.05, 0.1) is 0 Å². The van der Waals surface area contributed by atoms with Crippen LogP contribution in [0.4, 0.5) is 0 Å². The zero-order valence-electron chi connectivity index (χ0n) is 21.7. The topological polar surface area (TPSA) is 0 Å². The fourth-order valence-electron chi connectivity index (χ4n) is 5.72. The number of fused-ring (bicyclic) bond motifs is 6. The Labute approximate surface area is 234 Å². The molecular formula is C36H30S2. The highest BCUT2D eigenvalue weighted by Gasteiger charge is 2.35. The van der Waals surface area contributed by atoms with Crippen molar-refractivity contribution in [3.05, 3.63) is 133 Å². The molecule has 1 aliphatic rings. The molecule has 2 heteroatoms. The molecule has 0 saturated heterocycles. The summed E-state index contributed by atoms with van der Waals surface area (Å²) in [7, 11) is 0. The molecule has 1 aromatic heterocycles. The van der Waals surface area contributed by atoms with E-state index in [1.165, 1.54) is 64.7 Å². The van der Waals surface area contributed by atoms with Gasteiger partial charge >= 0.3 is 0 Å². The van der Waals surface area contributed by atoms with Crippen molar-refractivity contribution >= 4 is 44.1 Å². The summed E-state index contributed by atoms with van der Waals surface area (Å²) in [6.07, 6.45) is 1.74. The molecule has 0 unspecified atom stereocenters. The summed E-state index contributed by atoms with van der Waals surface area (Å²) in [6.45, 7) is 8.10. The third kappa shape index (κ3) is 4.09. The van der Waals surface area contributed by atoms with Gasteiger partial charge in [0, 0.05) is 31.3 Å².